The number of ether oxygens (including phenoxy) is 3. The zero-order valence-corrected chi connectivity index (χ0v) is 20.8. The molecule has 32 heavy (non-hydrogen) atoms. The number of rotatable bonds is 9. The first-order chi connectivity index (χ1) is 15.4. The van der Waals surface area contributed by atoms with Crippen molar-refractivity contribution in [2.45, 2.75) is 39.3 Å². The van der Waals surface area contributed by atoms with Crippen molar-refractivity contribution in [2.75, 3.05) is 38.7 Å². The number of methoxy groups -OCH3 is 1. The van der Waals surface area contributed by atoms with Crippen LogP contribution in [0.25, 0.3) is 0 Å². The molecule has 8 nitrogen and oxygen atoms in total. The largest absolute Gasteiger partial charge is 0.493 e. The third-order valence-electron chi connectivity index (χ3n) is 5.10. The summed E-state index contributed by atoms with van der Waals surface area (Å²) in [6, 6.07) is 5.93. The molecule has 2 heterocycles. The first-order valence-electron chi connectivity index (χ1n) is 10.6. The summed E-state index contributed by atoms with van der Waals surface area (Å²) in [6.07, 6.45) is 1.87. The van der Waals surface area contributed by atoms with Crippen LogP contribution < -0.4 is 14.8 Å². The summed E-state index contributed by atoms with van der Waals surface area (Å²) in [5, 5.41) is 3.38. The minimum atomic E-state index is -0.542. The van der Waals surface area contributed by atoms with Crippen molar-refractivity contribution >= 4 is 39.3 Å². The molecule has 174 valence electrons. The van der Waals surface area contributed by atoms with Crippen molar-refractivity contribution in [3.05, 3.63) is 39.2 Å². The van der Waals surface area contributed by atoms with Crippen LogP contribution >= 0.6 is 27.5 Å². The molecule has 0 bridgehead atoms. The zero-order chi connectivity index (χ0) is 23.1. The summed E-state index contributed by atoms with van der Waals surface area (Å²) in [5.74, 6) is 1.58. The molecule has 1 fully saturated rings. The van der Waals surface area contributed by atoms with Crippen LogP contribution in [-0.2, 0) is 11.3 Å². The van der Waals surface area contributed by atoms with Gasteiger partial charge in [-0.3, -0.25) is 4.90 Å². The number of esters is 1. The molecular weight excluding hydrogens is 500 g/mol. The second-order valence-electron chi connectivity index (χ2n) is 7.37. The van der Waals surface area contributed by atoms with Gasteiger partial charge in [0, 0.05) is 31.7 Å². The first kappa shape index (κ1) is 24.5. The van der Waals surface area contributed by atoms with Gasteiger partial charge in [-0.2, -0.15) is 0 Å². The smallest absolute Gasteiger partial charge is 0.356 e. The molecule has 0 amide bonds. The van der Waals surface area contributed by atoms with Crippen molar-refractivity contribution in [1.29, 1.82) is 0 Å². The molecule has 1 aromatic carbocycles. The van der Waals surface area contributed by atoms with Crippen molar-refractivity contribution in [1.82, 2.24) is 14.9 Å². The number of hydrogen-bond acceptors (Lipinski definition) is 8. The Hall–Kier alpha value is -2.10. The topological polar surface area (TPSA) is 85.8 Å². The van der Waals surface area contributed by atoms with Gasteiger partial charge in [-0.05, 0) is 71.9 Å². The maximum absolute atomic E-state index is 11.8. The van der Waals surface area contributed by atoms with E-state index < -0.39 is 5.97 Å². The second kappa shape index (κ2) is 11.7. The van der Waals surface area contributed by atoms with Crippen LogP contribution in [0.15, 0.2) is 22.7 Å². The van der Waals surface area contributed by atoms with Crippen molar-refractivity contribution in [2.24, 2.45) is 0 Å². The maximum atomic E-state index is 11.8. The minimum absolute atomic E-state index is 0.0123. The van der Waals surface area contributed by atoms with Crippen LogP contribution in [0, 0.1) is 0 Å². The molecule has 1 aromatic heterocycles. The standard InChI is InChI=1S/C22H28BrClN4O4/c1-4-31-17-10-14(11-18(20(17)23)32-5-2)13-28-8-6-15(7-9-28)25-19-12-16(21(29)30-3)26-22(24)27-19/h10-12,15H,4-9,13H2,1-3H3,(H,25,26,27). The Morgan fingerprint density at radius 2 is 1.78 bits per heavy atom. The van der Waals surface area contributed by atoms with Gasteiger partial charge >= 0.3 is 5.97 Å². The monoisotopic (exact) mass is 526 g/mol. The minimum Gasteiger partial charge on any atom is -0.493 e. The van der Waals surface area contributed by atoms with Gasteiger partial charge in [0.25, 0.3) is 0 Å². The number of piperidine rings is 1. The average Bonchev–Trinajstić information content (AvgIpc) is 2.77. The molecule has 3 rings (SSSR count). The fourth-order valence-corrected chi connectivity index (χ4v) is 4.28. The summed E-state index contributed by atoms with van der Waals surface area (Å²) < 4.78 is 17.1. The number of hydrogen-bond donors (Lipinski definition) is 1. The third-order valence-corrected chi connectivity index (χ3v) is 6.06. The molecule has 0 aliphatic carbocycles. The van der Waals surface area contributed by atoms with Gasteiger partial charge < -0.3 is 19.5 Å². The highest BCUT2D eigenvalue weighted by Gasteiger charge is 2.22. The number of carbonyl (C=O) groups is 1. The molecule has 1 aliphatic rings. The van der Waals surface area contributed by atoms with E-state index in [0.29, 0.717) is 19.0 Å². The summed E-state index contributed by atoms with van der Waals surface area (Å²) in [5.41, 5.74) is 1.29. The van der Waals surface area contributed by atoms with Crippen molar-refractivity contribution < 1.29 is 19.0 Å². The van der Waals surface area contributed by atoms with Gasteiger partial charge in [-0.1, -0.05) is 0 Å². The van der Waals surface area contributed by atoms with Gasteiger partial charge in [0.05, 0.1) is 20.3 Å². The Bertz CT molecular complexity index is 911. The normalized spacial score (nSPS) is 14.8. The Morgan fingerprint density at radius 3 is 2.34 bits per heavy atom. The van der Waals surface area contributed by atoms with E-state index in [1.165, 1.54) is 7.11 Å². The highest BCUT2D eigenvalue weighted by Crippen LogP contribution is 2.36. The van der Waals surface area contributed by atoms with E-state index in [9.17, 15) is 4.79 Å². The summed E-state index contributed by atoms with van der Waals surface area (Å²) >= 11 is 9.55. The van der Waals surface area contributed by atoms with Gasteiger partial charge in [-0.15, -0.1) is 0 Å². The predicted octanol–water partition coefficient (Wildman–Crippen LogP) is 4.55. The quantitative estimate of drug-likeness (QED) is 0.375. The van der Waals surface area contributed by atoms with Crippen LogP contribution in [0.5, 0.6) is 11.5 Å². The number of carbonyl (C=O) groups excluding carboxylic acids is 1. The third kappa shape index (κ3) is 6.46. The van der Waals surface area contributed by atoms with Gasteiger partial charge in [0.2, 0.25) is 5.28 Å². The summed E-state index contributed by atoms with van der Waals surface area (Å²) in [6.45, 7) is 7.78. The first-order valence-corrected chi connectivity index (χ1v) is 11.8. The molecule has 10 heteroatoms. The Labute approximate surface area is 201 Å². The number of anilines is 1. The zero-order valence-electron chi connectivity index (χ0n) is 18.5. The van der Waals surface area contributed by atoms with Gasteiger partial charge in [-0.25, -0.2) is 14.8 Å². The predicted molar refractivity (Wildman–Crippen MR) is 127 cm³/mol. The lowest BCUT2D eigenvalue weighted by Crippen LogP contribution is -2.38. The molecule has 0 atom stereocenters. The van der Waals surface area contributed by atoms with Crippen molar-refractivity contribution in [3.8, 4) is 11.5 Å². The molecule has 0 unspecified atom stereocenters. The summed E-state index contributed by atoms with van der Waals surface area (Å²) in [7, 11) is 1.31. The fourth-order valence-electron chi connectivity index (χ4n) is 3.64. The molecule has 0 saturated carbocycles. The highest BCUT2D eigenvalue weighted by atomic mass is 79.9. The summed E-state index contributed by atoms with van der Waals surface area (Å²) in [4.78, 5) is 22.2. The lowest BCUT2D eigenvalue weighted by Gasteiger charge is -2.32. The van der Waals surface area contributed by atoms with Crippen LogP contribution in [0.3, 0.4) is 0 Å². The van der Waals surface area contributed by atoms with Crippen LogP contribution in [-0.4, -0.2) is 60.3 Å². The fraction of sp³-hybridized carbons (Fsp3) is 0.500. The van der Waals surface area contributed by atoms with Crippen LogP contribution in [0.1, 0.15) is 42.7 Å². The number of halogens is 2. The molecular formula is C22H28BrClN4O4. The molecule has 0 spiro atoms. The number of nitrogens with zero attached hydrogens (tertiary/aromatic N) is 3. The number of aromatic nitrogens is 2. The van der Waals surface area contributed by atoms with E-state index in [-0.39, 0.29) is 17.0 Å². The van der Waals surface area contributed by atoms with Crippen LogP contribution in [0.4, 0.5) is 5.82 Å². The molecule has 0 radical (unpaired) electrons. The second-order valence-corrected chi connectivity index (χ2v) is 8.50. The SMILES string of the molecule is CCOc1cc(CN2CCC(Nc3cc(C(=O)OC)nc(Cl)n3)CC2)cc(OCC)c1Br. The number of nitrogens with one attached hydrogen (secondary N) is 1. The van der Waals surface area contributed by atoms with Crippen molar-refractivity contribution in [3.63, 3.8) is 0 Å². The Morgan fingerprint density at radius 1 is 1.16 bits per heavy atom. The van der Waals surface area contributed by atoms with E-state index in [1.807, 2.05) is 13.8 Å². The lowest BCUT2D eigenvalue weighted by molar-refractivity contribution is 0.0594. The molecule has 1 N–H and O–H groups in total. The van der Waals surface area contributed by atoms with E-state index in [1.54, 1.807) is 6.07 Å². The molecule has 1 saturated heterocycles. The van der Waals surface area contributed by atoms with E-state index in [2.05, 4.69) is 48.2 Å². The van der Waals surface area contributed by atoms with E-state index in [4.69, 9.17) is 25.8 Å². The molecule has 1 aliphatic heterocycles. The van der Waals surface area contributed by atoms with Gasteiger partial charge in [0.15, 0.2) is 5.69 Å². The van der Waals surface area contributed by atoms with E-state index in [0.717, 1.165) is 54.0 Å². The lowest BCUT2D eigenvalue weighted by atomic mass is 10.0. The highest BCUT2D eigenvalue weighted by molar-refractivity contribution is 9.10. The number of likely N-dealkylation sites (tertiary alicyclic amines) is 1. The van der Waals surface area contributed by atoms with Gasteiger partial charge in [0.1, 0.15) is 21.8 Å². The molecule has 2 aromatic rings. The Kier molecular flexibility index (Phi) is 8.95. The van der Waals surface area contributed by atoms with Crippen LogP contribution in [0.2, 0.25) is 5.28 Å². The van der Waals surface area contributed by atoms with E-state index >= 15 is 0 Å². The maximum Gasteiger partial charge on any atom is 0.356 e. The number of benzene rings is 1. The Balaban J connectivity index is 1.61. The average molecular weight is 528 g/mol.